The number of urea groups is 1. The highest BCUT2D eigenvalue weighted by atomic mass is 16.5. The number of hydrogen-bond acceptors (Lipinski definition) is 5. The molecule has 0 saturated carbocycles. The van der Waals surface area contributed by atoms with Crippen molar-refractivity contribution in [2.75, 3.05) is 10.2 Å². The molecule has 0 bridgehead atoms. The molecule has 0 saturated heterocycles. The van der Waals surface area contributed by atoms with E-state index in [1.165, 1.54) is 4.90 Å². The summed E-state index contributed by atoms with van der Waals surface area (Å²) in [6, 6.07) is 27.7. The van der Waals surface area contributed by atoms with E-state index in [1.54, 1.807) is 66.7 Å². The Morgan fingerprint density at radius 3 is 2.16 bits per heavy atom. The zero-order valence-electron chi connectivity index (χ0n) is 19.3. The van der Waals surface area contributed by atoms with Crippen LogP contribution in [0.4, 0.5) is 26.9 Å². The summed E-state index contributed by atoms with van der Waals surface area (Å²) < 4.78 is 11.8. The van der Waals surface area contributed by atoms with Gasteiger partial charge >= 0.3 is 12.1 Å². The zero-order valence-corrected chi connectivity index (χ0v) is 19.3. The van der Waals surface area contributed by atoms with E-state index in [0.29, 0.717) is 45.4 Å². The van der Waals surface area contributed by atoms with Gasteiger partial charge in [-0.15, -0.1) is 0 Å². The van der Waals surface area contributed by atoms with Crippen LogP contribution in [0.2, 0.25) is 0 Å². The predicted octanol–water partition coefficient (Wildman–Crippen LogP) is 6.45. The van der Waals surface area contributed by atoms with E-state index in [1.807, 2.05) is 30.3 Å². The van der Waals surface area contributed by atoms with Gasteiger partial charge < -0.3 is 25.3 Å². The van der Waals surface area contributed by atoms with Crippen molar-refractivity contribution in [3.05, 3.63) is 97.1 Å². The number of nitrogens with two attached hydrogens (primary N) is 1. The number of para-hydroxylation sites is 1. The Hall–Kier alpha value is -5.51. The lowest BCUT2D eigenvalue weighted by Crippen LogP contribution is -2.31. The molecule has 0 unspecified atom stereocenters. The number of imidazole rings is 1. The fourth-order valence-corrected chi connectivity index (χ4v) is 3.73. The topological polar surface area (TPSA) is 143 Å². The monoisotopic (exact) mass is 495 g/mol. The van der Waals surface area contributed by atoms with Crippen molar-refractivity contribution in [1.29, 1.82) is 0 Å². The van der Waals surface area contributed by atoms with Crippen LogP contribution in [0.1, 0.15) is 0 Å². The molecule has 0 radical (unpaired) electrons. The summed E-state index contributed by atoms with van der Waals surface area (Å²) in [7, 11) is 0. The molecule has 10 heteroatoms. The molecule has 184 valence electrons. The van der Waals surface area contributed by atoms with E-state index >= 15 is 0 Å². The van der Waals surface area contributed by atoms with Crippen molar-refractivity contribution in [2.24, 2.45) is 5.73 Å². The van der Waals surface area contributed by atoms with Gasteiger partial charge in [-0.3, -0.25) is 10.2 Å². The number of benzene rings is 4. The SMILES string of the molecule is NC(=O)N(c1ccc(Oc2ccccc2)cc1)c1cccc(Oc2ccc3nc(NC(=O)O)[nH]c3c2)c1. The van der Waals surface area contributed by atoms with Gasteiger partial charge in [0.25, 0.3) is 0 Å². The number of ether oxygens (including phenoxy) is 2. The quantitative estimate of drug-likeness (QED) is 0.204. The normalized spacial score (nSPS) is 10.6. The Bertz CT molecular complexity index is 1570. The fraction of sp³-hybridized carbons (Fsp3) is 0. The molecule has 5 N–H and O–H groups in total. The highest BCUT2D eigenvalue weighted by Crippen LogP contribution is 2.33. The number of nitrogens with zero attached hydrogens (tertiary/aromatic N) is 2. The number of H-pyrrole nitrogens is 1. The Kier molecular flexibility index (Phi) is 6.28. The number of nitrogens with one attached hydrogen (secondary N) is 2. The minimum absolute atomic E-state index is 0.110. The highest BCUT2D eigenvalue weighted by Gasteiger charge is 2.16. The number of rotatable bonds is 7. The van der Waals surface area contributed by atoms with Gasteiger partial charge in [-0.2, -0.15) is 0 Å². The van der Waals surface area contributed by atoms with Crippen LogP contribution in [0.3, 0.4) is 0 Å². The van der Waals surface area contributed by atoms with Crippen molar-refractivity contribution in [3.63, 3.8) is 0 Å². The molecular formula is C27H21N5O5. The molecular weight excluding hydrogens is 474 g/mol. The van der Waals surface area contributed by atoms with Gasteiger partial charge in [0, 0.05) is 12.1 Å². The van der Waals surface area contributed by atoms with Gasteiger partial charge in [0.2, 0.25) is 5.95 Å². The Balaban J connectivity index is 1.36. The van der Waals surface area contributed by atoms with Crippen LogP contribution in [-0.4, -0.2) is 27.2 Å². The lowest BCUT2D eigenvalue weighted by Gasteiger charge is -2.21. The minimum atomic E-state index is -1.22. The van der Waals surface area contributed by atoms with Gasteiger partial charge in [0.1, 0.15) is 23.0 Å². The Morgan fingerprint density at radius 2 is 1.43 bits per heavy atom. The van der Waals surface area contributed by atoms with Gasteiger partial charge in [0.05, 0.1) is 22.4 Å². The summed E-state index contributed by atoms with van der Waals surface area (Å²) in [4.78, 5) is 31.6. The summed E-state index contributed by atoms with van der Waals surface area (Å²) >= 11 is 0. The molecule has 0 aliphatic rings. The van der Waals surface area contributed by atoms with Gasteiger partial charge in [-0.1, -0.05) is 24.3 Å². The van der Waals surface area contributed by atoms with Crippen LogP contribution < -0.4 is 25.4 Å². The smallest absolute Gasteiger partial charge is 0.411 e. The van der Waals surface area contributed by atoms with Crippen molar-refractivity contribution < 1.29 is 24.2 Å². The predicted molar refractivity (Wildman–Crippen MR) is 139 cm³/mol. The van der Waals surface area contributed by atoms with E-state index in [-0.39, 0.29) is 5.95 Å². The van der Waals surface area contributed by atoms with Gasteiger partial charge in [-0.25, -0.2) is 14.6 Å². The maximum atomic E-state index is 12.4. The highest BCUT2D eigenvalue weighted by molar-refractivity contribution is 5.98. The first-order valence-electron chi connectivity index (χ1n) is 11.1. The third kappa shape index (κ3) is 5.43. The maximum Gasteiger partial charge on any atom is 0.411 e. The molecule has 5 aromatic rings. The van der Waals surface area contributed by atoms with Crippen LogP contribution in [-0.2, 0) is 0 Å². The number of fused-ring (bicyclic) bond motifs is 1. The summed E-state index contributed by atoms with van der Waals surface area (Å²) in [5.41, 5.74) is 7.95. The van der Waals surface area contributed by atoms with Crippen molar-refractivity contribution in [2.45, 2.75) is 0 Å². The minimum Gasteiger partial charge on any atom is -0.465 e. The number of anilines is 3. The second kappa shape index (κ2) is 10.0. The number of carbonyl (C=O) groups excluding carboxylic acids is 1. The molecule has 3 amide bonds. The molecule has 37 heavy (non-hydrogen) atoms. The van der Waals surface area contributed by atoms with Crippen LogP contribution in [0, 0.1) is 0 Å². The van der Waals surface area contributed by atoms with E-state index in [2.05, 4.69) is 15.3 Å². The maximum absolute atomic E-state index is 12.4. The number of hydrogen-bond donors (Lipinski definition) is 4. The number of carbonyl (C=O) groups is 2. The number of primary amides is 1. The summed E-state index contributed by atoms with van der Waals surface area (Å²) in [6.45, 7) is 0. The fourth-order valence-electron chi connectivity index (χ4n) is 3.73. The first-order chi connectivity index (χ1) is 17.9. The molecule has 1 heterocycles. The second-order valence-corrected chi connectivity index (χ2v) is 7.88. The lowest BCUT2D eigenvalue weighted by molar-refractivity contribution is 0.209. The molecule has 0 aliphatic carbocycles. The molecule has 0 atom stereocenters. The molecule has 5 rings (SSSR count). The summed E-state index contributed by atoms with van der Waals surface area (Å²) in [5, 5.41) is 11.0. The van der Waals surface area contributed by atoms with E-state index < -0.39 is 12.1 Å². The first kappa shape index (κ1) is 23.2. The Labute approximate surface area is 210 Å². The largest absolute Gasteiger partial charge is 0.465 e. The zero-order chi connectivity index (χ0) is 25.8. The van der Waals surface area contributed by atoms with E-state index in [0.717, 1.165) is 0 Å². The molecule has 0 aliphatic heterocycles. The van der Waals surface area contributed by atoms with Crippen LogP contribution in [0.5, 0.6) is 23.0 Å². The van der Waals surface area contributed by atoms with Crippen LogP contribution in [0.15, 0.2) is 97.1 Å². The van der Waals surface area contributed by atoms with Gasteiger partial charge in [-0.05, 0) is 60.7 Å². The number of carboxylic acid groups (broad SMARTS) is 1. The average molecular weight is 495 g/mol. The number of amides is 3. The molecule has 1 aromatic heterocycles. The number of aromatic nitrogens is 2. The lowest BCUT2D eigenvalue weighted by atomic mass is 10.2. The van der Waals surface area contributed by atoms with E-state index in [4.69, 9.17) is 20.3 Å². The van der Waals surface area contributed by atoms with Crippen molar-refractivity contribution in [3.8, 4) is 23.0 Å². The second-order valence-electron chi connectivity index (χ2n) is 7.88. The number of aromatic amines is 1. The first-order valence-corrected chi connectivity index (χ1v) is 11.1. The molecule has 0 fully saturated rings. The van der Waals surface area contributed by atoms with Gasteiger partial charge in [0.15, 0.2) is 0 Å². The Morgan fingerprint density at radius 1 is 0.784 bits per heavy atom. The van der Waals surface area contributed by atoms with Crippen molar-refractivity contribution >= 4 is 40.5 Å². The molecule has 4 aromatic carbocycles. The molecule has 10 nitrogen and oxygen atoms in total. The van der Waals surface area contributed by atoms with Crippen molar-refractivity contribution in [1.82, 2.24) is 9.97 Å². The summed E-state index contributed by atoms with van der Waals surface area (Å²) in [6.07, 6.45) is -1.22. The van der Waals surface area contributed by atoms with E-state index in [9.17, 15) is 9.59 Å². The third-order valence-corrected chi connectivity index (χ3v) is 5.28. The van der Waals surface area contributed by atoms with Crippen LogP contribution >= 0.6 is 0 Å². The average Bonchev–Trinajstić information content (AvgIpc) is 3.27. The third-order valence-electron chi connectivity index (χ3n) is 5.28. The van der Waals surface area contributed by atoms with Crippen LogP contribution in [0.25, 0.3) is 11.0 Å². The standard InChI is InChI=1S/C27H21N5O5/c28-25(33)32(17-9-11-20(12-10-17)36-19-6-2-1-3-7-19)18-5-4-8-21(15-18)37-22-13-14-23-24(16-22)30-26(29-23)31-27(34)35/h1-16H,(H2,28,33)(H,34,35)(H2,29,30,31). The summed E-state index contributed by atoms with van der Waals surface area (Å²) in [5.74, 6) is 2.39. The molecule has 0 spiro atoms.